The van der Waals surface area contributed by atoms with Gasteiger partial charge in [-0.3, -0.25) is 4.79 Å². The summed E-state index contributed by atoms with van der Waals surface area (Å²) in [6.45, 7) is 4.81. The smallest absolute Gasteiger partial charge is 0.267 e. The SMILES string of the molecule is CCc1nnsc1C(=O)N(C)Cc1ccccc1N1CCCC1. The standard InChI is InChI=1S/C17H22N4OS/c1-3-14-16(23-19-18-14)17(22)20(2)12-13-8-4-5-9-15(13)21-10-6-7-11-21/h4-5,8-9H,3,6-7,10-12H2,1-2H3. The number of amides is 1. The van der Waals surface area contributed by atoms with Gasteiger partial charge >= 0.3 is 0 Å². The molecular formula is C17H22N4OS. The lowest BCUT2D eigenvalue weighted by atomic mass is 10.1. The van der Waals surface area contributed by atoms with E-state index in [9.17, 15) is 4.79 Å². The number of carbonyl (C=O) groups is 1. The number of rotatable bonds is 5. The molecule has 23 heavy (non-hydrogen) atoms. The van der Waals surface area contributed by atoms with Crippen molar-refractivity contribution in [2.24, 2.45) is 0 Å². The van der Waals surface area contributed by atoms with Crippen molar-refractivity contribution < 1.29 is 4.79 Å². The van der Waals surface area contributed by atoms with Gasteiger partial charge in [-0.1, -0.05) is 29.6 Å². The monoisotopic (exact) mass is 330 g/mol. The molecule has 0 aliphatic carbocycles. The number of hydrogen-bond donors (Lipinski definition) is 0. The number of anilines is 1. The van der Waals surface area contributed by atoms with Crippen LogP contribution in [0.2, 0.25) is 0 Å². The van der Waals surface area contributed by atoms with Gasteiger partial charge in [0.2, 0.25) is 0 Å². The lowest BCUT2D eigenvalue weighted by Gasteiger charge is -2.24. The molecule has 1 aromatic heterocycles. The zero-order valence-electron chi connectivity index (χ0n) is 13.7. The van der Waals surface area contributed by atoms with Crippen molar-refractivity contribution in [2.45, 2.75) is 32.7 Å². The predicted molar refractivity (Wildman–Crippen MR) is 93.0 cm³/mol. The molecule has 1 aliphatic heterocycles. The first-order chi connectivity index (χ1) is 11.2. The van der Waals surface area contributed by atoms with Gasteiger partial charge in [-0.15, -0.1) is 5.10 Å². The molecule has 0 spiro atoms. The van der Waals surface area contributed by atoms with Crippen molar-refractivity contribution in [3.8, 4) is 0 Å². The minimum Gasteiger partial charge on any atom is -0.371 e. The second kappa shape index (κ2) is 7.08. The molecule has 1 aliphatic rings. The summed E-state index contributed by atoms with van der Waals surface area (Å²) in [7, 11) is 1.85. The molecule has 1 fully saturated rings. The Balaban J connectivity index is 1.77. The van der Waals surface area contributed by atoms with Gasteiger partial charge in [0.25, 0.3) is 5.91 Å². The van der Waals surface area contributed by atoms with Crippen LogP contribution < -0.4 is 4.90 Å². The van der Waals surface area contributed by atoms with Crippen LogP contribution in [0.3, 0.4) is 0 Å². The summed E-state index contributed by atoms with van der Waals surface area (Å²) in [6, 6.07) is 8.38. The molecule has 0 saturated carbocycles. The van der Waals surface area contributed by atoms with E-state index in [1.807, 2.05) is 20.0 Å². The van der Waals surface area contributed by atoms with Crippen molar-refractivity contribution in [1.82, 2.24) is 14.5 Å². The molecule has 0 N–H and O–H groups in total. The highest BCUT2D eigenvalue weighted by Gasteiger charge is 2.21. The van der Waals surface area contributed by atoms with E-state index in [1.54, 1.807) is 4.90 Å². The summed E-state index contributed by atoms with van der Waals surface area (Å²) in [5.74, 6) is 0.00748. The highest BCUT2D eigenvalue weighted by Crippen LogP contribution is 2.26. The Kier molecular flexibility index (Phi) is 4.91. The first kappa shape index (κ1) is 15.9. The molecule has 0 radical (unpaired) electrons. The lowest BCUT2D eigenvalue weighted by molar-refractivity contribution is 0.0789. The van der Waals surface area contributed by atoms with E-state index in [4.69, 9.17) is 0 Å². The first-order valence-electron chi connectivity index (χ1n) is 8.10. The molecule has 0 unspecified atom stereocenters. The van der Waals surface area contributed by atoms with Crippen LogP contribution in [-0.2, 0) is 13.0 Å². The second-order valence-corrected chi connectivity index (χ2v) is 6.64. The van der Waals surface area contributed by atoms with E-state index in [1.165, 1.54) is 35.6 Å². The van der Waals surface area contributed by atoms with Gasteiger partial charge in [0.15, 0.2) is 0 Å². The van der Waals surface area contributed by atoms with Crippen LogP contribution in [0.5, 0.6) is 0 Å². The Morgan fingerprint density at radius 1 is 1.30 bits per heavy atom. The number of benzene rings is 1. The summed E-state index contributed by atoms with van der Waals surface area (Å²) in [4.78, 5) is 17.5. The number of nitrogens with zero attached hydrogens (tertiary/aromatic N) is 4. The number of hydrogen-bond acceptors (Lipinski definition) is 5. The van der Waals surface area contributed by atoms with Crippen LogP contribution in [0.1, 0.15) is 40.7 Å². The van der Waals surface area contributed by atoms with Crippen molar-refractivity contribution >= 4 is 23.1 Å². The molecule has 3 rings (SSSR count). The highest BCUT2D eigenvalue weighted by atomic mass is 32.1. The summed E-state index contributed by atoms with van der Waals surface area (Å²) in [5, 5.41) is 4.04. The molecule has 122 valence electrons. The van der Waals surface area contributed by atoms with E-state index in [0.717, 1.165) is 25.2 Å². The molecule has 6 heteroatoms. The molecule has 1 aromatic carbocycles. The number of aromatic nitrogens is 2. The molecule has 0 atom stereocenters. The Morgan fingerprint density at radius 2 is 2.04 bits per heavy atom. The van der Waals surface area contributed by atoms with Crippen molar-refractivity contribution in [1.29, 1.82) is 0 Å². The molecule has 1 amide bonds. The highest BCUT2D eigenvalue weighted by molar-refractivity contribution is 7.07. The first-order valence-corrected chi connectivity index (χ1v) is 8.87. The average molecular weight is 330 g/mol. The Hall–Kier alpha value is -1.95. The van der Waals surface area contributed by atoms with E-state index < -0.39 is 0 Å². The van der Waals surface area contributed by atoms with Crippen molar-refractivity contribution in [3.63, 3.8) is 0 Å². The third-order valence-electron chi connectivity index (χ3n) is 4.28. The van der Waals surface area contributed by atoms with Gasteiger partial charge < -0.3 is 9.80 Å². The summed E-state index contributed by atoms with van der Waals surface area (Å²) in [6.07, 6.45) is 3.22. The largest absolute Gasteiger partial charge is 0.371 e. The van der Waals surface area contributed by atoms with Crippen LogP contribution in [0.4, 0.5) is 5.69 Å². The lowest BCUT2D eigenvalue weighted by Crippen LogP contribution is -2.28. The summed E-state index contributed by atoms with van der Waals surface area (Å²) in [5.41, 5.74) is 3.24. The number of aryl methyl sites for hydroxylation is 1. The molecule has 1 saturated heterocycles. The molecule has 2 heterocycles. The summed E-state index contributed by atoms with van der Waals surface area (Å²) < 4.78 is 3.92. The number of carbonyl (C=O) groups excluding carboxylic acids is 1. The minimum atomic E-state index is 0.00748. The average Bonchev–Trinajstić information content (AvgIpc) is 3.25. The Labute approximate surface area is 141 Å². The maximum atomic E-state index is 12.7. The third-order valence-corrected chi connectivity index (χ3v) is 5.03. The van der Waals surface area contributed by atoms with Gasteiger partial charge in [0.1, 0.15) is 4.88 Å². The normalized spacial score (nSPS) is 14.3. The molecule has 0 bridgehead atoms. The van der Waals surface area contributed by atoms with Crippen LogP contribution in [0.15, 0.2) is 24.3 Å². The fourth-order valence-corrected chi connectivity index (χ4v) is 3.76. The van der Waals surface area contributed by atoms with Crippen molar-refractivity contribution in [2.75, 3.05) is 25.0 Å². The Morgan fingerprint density at radius 3 is 2.78 bits per heavy atom. The maximum Gasteiger partial charge on any atom is 0.267 e. The fraction of sp³-hybridized carbons (Fsp3) is 0.471. The minimum absolute atomic E-state index is 0.00748. The van der Waals surface area contributed by atoms with Crippen LogP contribution in [0.25, 0.3) is 0 Å². The zero-order valence-corrected chi connectivity index (χ0v) is 14.5. The van der Waals surface area contributed by atoms with Gasteiger partial charge in [0.05, 0.1) is 5.69 Å². The second-order valence-electron chi connectivity index (χ2n) is 5.89. The van der Waals surface area contributed by atoms with Crippen LogP contribution in [-0.4, -0.2) is 40.5 Å². The molecule has 2 aromatic rings. The van der Waals surface area contributed by atoms with Crippen LogP contribution >= 0.6 is 11.5 Å². The topological polar surface area (TPSA) is 49.3 Å². The summed E-state index contributed by atoms with van der Waals surface area (Å²) >= 11 is 1.19. The van der Waals surface area contributed by atoms with Gasteiger partial charge in [0, 0.05) is 32.4 Å². The van der Waals surface area contributed by atoms with Crippen molar-refractivity contribution in [3.05, 3.63) is 40.4 Å². The van der Waals surface area contributed by atoms with E-state index in [-0.39, 0.29) is 5.91 Å². The third kappa shape index (κ3) is 3.37. The number of para-hydroxylation sites is 1. The van der Waals surface area contributed by atoms with E-state index in [2.05, 4.69) is 32.7 Å². The quantitative estimate of drug-likeness (QED) is 0.846. The van der Waals surface area contributed by atoms with Gasteiger partial charge in [-0.25, -0.2) is 0 Å². The van der Waals surface area contributed by atoms with Gasteiger partial charge in [-0.05, 0) is 42.4 Å². The maximum absolute atomic E-state index is 12.7. The van der Waals surface area contributed by atoms with E-state index in [0.29, 0.717) is 11.4 Å². The molecular weight excluding hydrogens is 308 g/mol. The van der Waals surface area contributed by atoms with Crippen LogP contribution in [0, 0.1) is 0 Å². The fourth-order valence-electron chi connectivity index (χ4n) is 3.01. The van der Waals surface area contributed by atoms with Gasteiger partial charge in [-0.2, -0.15) is 0 Å². The molecule has 5 nitrogen and oxygen atoms in total. The van der Waals surface area contributed by atoms with E-state index >= 15 is 0 Å². The zero-order chi connectivity index (χ0) is 16.2. The Bertz CT molecular complexity index is 679. The predicted octanol–water partition coefficient (Wildman–Crippen LogP) is 2.97.